The molecule has 3 rings (SSSR count). The number of methoxy groups -OCH3 is 1. The zero-order chi connectivity index (χ0) is 17.6. The highest BCUT2D eigenvalue weighted by molar-refractivity contribution is 7.07. The van der Waals surface area contributed by atoms with E-state index in [0.29, 0.717) is 18.8 Å². The van der Waals surface area contributed by atoms with Gasteiger partial charge >= 0.3 is 0 Å². The summed E-state index contributed by atoms with van der Waals surface area (Å²) in [5.41, 5.74) is 1.81. The molecule has 0 atom stereocenters. The second-order valence-electron chi connectivity index (χ2n) is 6.06. The summed E-state index contributed by atoms with van der Waals surface area (Å²) in [6, 6.07) is 3.63. The van der Waals surface area contributed by atoms with E-state index < -0.39 is 0 Å². The van der Waals surface area contributed by atoms with Crippen LogP contribution in [-0.2, 0) is 35.7 Å². The lowest BCUT2D eigenvalue weighted by Crippen LogP contribution is -2.31. The van der Waals surface area contributed by atoms with Crippen LogP contribution in [0, 0.1) is 0 Å². The van der Waals surface area contributed by atoms with Gasteiger partial charge in [-0.1, -0.05) is 0 Å². The molecule has 134 valence electrons. The quantitative estimate of drug-likeness (QED) is 0.829. The molecular weight excluding hydrogens is 340 g/mol. The summed E-state index contributed by atoms with van der Waals surface area (Å²) in [4.78, 5) is 30.8. The molecule has 0 aliphatic carbocycles. The number of nitrogens with one attached hydrogen (secondary N) is 1. The number of amides is 1. The number of aromatic nitrogens is 2. The van der Waals surface area contributed by atoms with Crippen LogP contribution in [0.2, 0.25) is 0 Å². The summed E-state index contributed by atoms with van der Waals surface area (Å²) in [5.74, 6) is 0.537. The van der Waals surface area contributed by atoms with Crippen LogP contribution in [0.4, 0.5) is 0 Å². The Hall–Kier alpha value is -2.03. The van der Waals surface area contributed by atoms with E-state index in [2.05, 4.69) is 32.0 Å². The molecule has 0 aromatic carbocycles. The van der Waals surface area contributed by atoms with Crippen molar-refractivity contribution in [1.29, 1.82) is 0 Å². The molecule has 0 bridgehead atoms. The highest BCUT2D eigenvalue weighted by Gasteiger charge is 2.18. The molecule has 0 unspecified atom stereocenters. The Bertz CT molecular complexity index is 773. The van der Waals surface area contributed by atoms with Gasteiger partial charge in [-0.25, -0.2) is 4.98 Å². The minimum Gasteiger partial charge on any atom is -0.375 e. The maximum absolute atomic E-state index is 12.4. The second-order valence-corrected chi connectivity index (χ2v) is 6.84. The van der Waals surface area contributed by atoms with Gasteiger partial charge in [0.1, 0.15) is 12.4 Å². The van der Waals surface area contributed by atoms with Crippen LogP contribution >= 0.6 is 11.3 Å². The summed E-state index contributed by atoms with van der Waals surface area (Å²) < 4.78 is 6.53. The minimum atomic E-state index is -0.224. The van der Waals surface area contributed by atoms with E-state index in [-0.39, 0.29) is 24.6 Å². The molecule has 3 heterocycles. The maximum atomic E-state index is 12.4. The number of thiophene rings is 1. The summed E-state index contributed by atoms with van der Waals surface area (Å²) in [6.45, 7) is 3.32. The Kier molecular flexibility index (Phi) is 5.95. The molecule has 25 heavy (non-hydrogen) atoms. The molecule has 0 fully saturated rings. The van der Waals surface area contributed by atoms with E-state index in [9.17, 15) is 9.59 Å². The predicted molar refractivity (Wildman–Crippen MR) is 95.3 cm³/mol. The third-order valence-corrected chi connectivity index (χ3v) is 4.82. The third kappa shape index (κ3) is 4.75. The van der Waals surface area contributed by atoms with Crippen molar-refractivity contribution in [1.82, 2.24) is 19.8 Å². The fraction of sp³-hybridized carbons (Fsp3) is 0.471. The van der Waals surface area contributed by atoms with E-state index in [0.717, 1.165) is 25.3 Å². The van der Waals surface area contributed by atoms with Crippen LogP contribution in [-0.4, -0.2) is 40.6 Å². The van der Waals surface area contributed by atoms with Crippen LogP contribution in [0.1, 0.15) is 23.5 Å². The zero-order valence-electron chi connectivity index (χ0n) is 14.2. The fourth-order valence-corrected chi connectivity index (χ4v) is 3.59. The topological polar surface area (TPSA) is 76.5 Å². The van der Waals surface area contributed by atoms with Gasteiger partial charge in [-0.15, -0.1) is 0 Å². The molecule has 7 nitrogen and oxygen atoms in total. The predicted octanol–water partition coefficient (Wildman–Crippen LogP) is 0.973. The lowest BCUT2D eigenvalue weighted by Gasteiger charge is -2.19. The van der Waals surface area contributed by atoms with Gasteiger partial charge in [0.15, 0.2) is 0 Å². The zero-order valence-corrected chi connectivity index (χ0v) is 15.1. The number of carbonyl (C=O) groups is 1. The van der Waals surface area contributed by atoms with E-state index in [4.69, 9.17) is 4.74 Å². The van der Waals surface area contributed by atoms with Crippen molar-refractivity contribution >= 4 is 17.2 Å². The Morgan fingerprint density at radius 2 is 2.32 bits per heavy atom. The molecule has 0 saturated carbocycles. The van der Waals surface area contributed by atoms with Crippen LogP contribution < -0.4 is 10.9 Å². The van der Waals surface area contributed by atoms with Gasteiger partial charge < -0.3 is 10.1 Å². The van der Waals surface area contributed by atoms with Crippen LogP contribution in [0.25, 0.3) is 0 Å². The molecule has 0 radical (unpaired) electrons. The summed E-state index contributed by atoms with van der Waals surface area (Å²) in [7, 11) is 1.47. The average molecular weight is 362 g/mol. The Morgan fingerprint density at radius 1 is 1.44 bits per heavy atom. The van der Waals surface area contributed by atoms with Gasteiger partial charge in [0, 0.05) is 32.8 Å². The number of rotatable bonds is 6. The summed E-state index contributed by atoms with van der Waals surface area (Å²) in [6.07, 6.45) is 0.919. The molecule has 1 aliphatic heterocycles. The second kappa shape index (κ2) is 8.37. The van der Waals surface area contributed by atoms with E-state index in [1.807, 2.05) is 0 Å². The van der Waals surface area contributed by atoms with Crippen molar-refractivity contribution in [3.8, 4) is 0 Å². The SMILES string of the molecule is COCC(=O)NCc1cc(=O)n2c(n1)CN(Cc1ccsc1)CCC2. The lowest BCUT2D eigenvalue weighted by molar-refractivity contribution is -0.124. The van der Waals surface area contributed by atoms with Crippen molar-refractivity contribution < 1.29 is 9.53 Å². The van der Waals surface area contributed by atoms with Gasteiger partial charge in [-0.3, -0.25) is 19.1 Å². The van der Waals surface area contributed by atoms with Gasteiger partial charge in [0.2, 0.25) is 5.91 Å². The maximum Gasteiger partial charge on any atom is 0.253 e. The van der Waals surface area contributed by atoms with E-state index >= 15 is 0 Å². The molecule has 1 amide bonds. The van der Waals surface area contributed by atoms with Crippen LogP contribution in [0.3, 0.4) is 0 Å². The molecule has 1 N–H and O–H groups in total. The number of hydrogen-bond donors (Lipinski definition) is 1. The van der Waals surface area contributed by atoms with E-state index in [1.165, 1.54) is 18.7 Å². The summed E-state index contributed by atoms with van der Waals surface area (Å²) >= 11 is 1.69. The molecule has 8 heteroatoms. The Balaban J connectivity index is 1.74. The first-order valence-corrected chi connectivity index (χ1v) is 9.18. The van der Waals surface area contributed by atoms with Gasteiger partial charge in [-0.05, 0) is 28.8 Å². The Morgan fingerprint density at radius 3 is 3.08 bits per heavy atom. The smallest absolute Gasteiger partial charge is 0.253 e. The fourth-order valence-electron chi connectivity index (χ4n) is 2.94. The Labute approximate surface area is 150 Å². The standard InChI is InChI=1S/C17H22N4O3S/c1-24-11-16(22)18-8-14-7-17(23)21-5-2-4-20(10-15(21)19-14)9-13-3-6-25-12-13/h3,6-7,12H,2,4-5,8-11H2,1H3,(H,18,22). The largest absolute Gasteiger partial charge is 0.375 e. The highest BCUT2D eigenvalue weighted by atomic mass is 32.1. The monoisotopic (exact) mass is 362 g/mol. The summed E-state index contributed by atoms with van der Waals surface area (Å²) in [5, 5.41) is 6.93. The van der Waals surface area contributed by atoms with Gasteiger partial charge in [0.25, 0.3) is 5.56 Å². The normalized spacial score (nSPS) is 14.8. The minimum absolute atomic E-state index is 0.00165. The molecule has 0 saturated heterocycles. The van der Waals surface area contributed by atoms with Crippen molar-refractivity contribution in [3.05, 3.63) is 50.3 Å². The van der Waals surface area contributed by atoms with Gasteiger partial charge in [0.05, 0.1) is 18.8 Å². The van der Waals surface area contributed by atoms with Gasteiger partial charge in [-0.2, -0.15) is 11.3 Å². The first-order chi connectivity index (χ1) is 12.2. The van der Waals surface area contributed by atoms with Crippen LogP contribution in [0.5, 0.6) is 0 Å². The first-order valence-electron chi connectivity index (χ1n) is 8.24. The number of fused-ring (bicyclic) bond motifs is 1. The molecular formula is C17H22N4O3S. The number of ether oxygens (including phenoxy) is 1. The average Bonchev–Trinajstić information content (AvgIpc) is 2.99. The van der Waals surface area contributed by atoms with Crippen molar-refractivity contribution in [2.75, 3.05) is 20.3 Å². The first kappa shape index (κ1) is 17.8. The third-order valence-electron chi connectivity index (χ3n) is 4.09. The molecule has 0 spiro atoms. The number of nitrogens with zero attached hydrogens (tertiary/aromatic N) is 3. The lowest BCUT2D eigenvalue weighted by atomic mass is 10.3. The van der Waals surface area contributed by atoms with Crippen molar-refractivity contribution in [2.24, 2.45) is 0 Å². The number of hydrogen-bond acceptors (Lipinski definition) is 6. The molecule has 1 aliphatic rings. The van der Waals surface area contributed by atoms with Crippen molar-refractivity contribution in [2.45, 2.75) is 32.6 Å². The van der Waals surface area contributed by atoms with Crippen molar-refractivity contribution in [3.63, 3.8) is 0 Å². The number of carbonyl (C=O) groups excluding carboxylic acids is 1. The molecule has 2 aromatic heterocycles. The van der Waals surface area contributed by atoms with E-state index in [1.54, 1.807) is 15.9 Å². The molecule has 2 aromatic rings. The van der Waals surface area contributed by atoms with Crippen LogP contribution in [0.15, 0.2) is 27.7 Å². The highest BCUT2D eigenvalue weighted by Crippen LogP contribution is 2.15.